The van der Waals surface area contributed by atoms with E-state index in [9.17, 15) is 17.6 Å². The van der Waals surface area contributed by atoms with Crippen LogP contribution in [-0.4, -0.2) is 28.0 Å². The van der Waals surface area contributed by atoms with Crippen molar-refractivity contribution in [3.05, 3.63) is 71.9 Å². The summed E-state index contributed by atoms with van der Waals surface area (Å²) >= 11 is 0. The van der Waals surface area contributed by atoms with Gasteiger partial charge >= 0.3 is 0 Å². The SMILES string of the molecule is COc1ccc(F)cc1S(=O)(=O)Nc1ccc2c(c1)N(C(=O)c1ccco1)CC2. The van der Waals surface area contributed by atoms with Crippen LogP contribution < -0.4 is 14.4 Å². The number of fused-ring (bicyclic) bond motifs is 1. The van der Waals surface area contributed by atoms with Crippen molar-refractivity contribution in [2.75, 3.05) is 23.3 Å². The molecule has 2 aromatic carbocycles. The molecule has 0 atom stereocenters. The van der Waals surface area contributed by atoms with Gasteiger partial charge in [0.25, 0.3) is 15.9 Å². The van der Waals surface area contributed by atoms with Crippen molar-refractivity contribution >= 4 is 27.3 Å². The standard InChI is InChI=1S/C20H17FN2O5S/c1-27-17-7-5-14(21)11-19(17)29(25,26)22-15-6-4-13-8-9-23(16(13)12-15)20(24)18-3-2-10-28-18/h2-7,10-12,22H,8-9H2,1H3. The highest BCUT2D eigenvalue weighted by molar-refractivity contribution is 7.92. The molecule has 9 heteroatoms. The van der Waals surface area contributed by atoms with Gasteiger partial charge in [0, 0.05) is 12.2 Å². The van der Waals surface area contributed by atoms with E-state index in [2.05, 4.69) is 4.72 Å². The molecule has 0 aliphatic carbocycles. The fourth-order valence-corrected chi connectivity index (χ4v) is 4.49. The smallest absolute Gasteiger partial charge is 0.293 e. The van der Waals surface area contributed by atoms with Crippen LogP contribution in [0.25, 0.3) is 0 Å². The van der Waals surface area contributed by atoms with Gasteiger partial charge in [-0.25, -0.2) is 12.8 Å². The molecule has 0 saturated heterocycles. The first-order valence-electron chi connectivity index (χ1n) is 8.74. The van der Waals surface area contributed by atoms with Gasteiger partial charge in [-0.05, 0) is 54.4 Å². The number of halogens is 1. The van der Waals surface area contributed by atoms with E-state index < -0.39 is 15.8 Å². The summed E-state index contributed by atoms with van der Waals surface area (Å²) < 4.78 is 51.8. The Balaban J connectivity index is 1.66. The third kappa shape index (κ3) is 3.56. The molecule has 150 valence electrons. The van der Waals surface area contributed by atoms with Gasteiger partial charge in [0.05, 0.1) is 19.1 Å². The summed E-state index contributed by atoms with van der Waals surface area (Å²) in [6.07, 6.45) is 2.06. The number of hydrogen-bond donors (Lipinski definition) is 1. The molecule has 7 nitrogen and oxygen atoms in total. The molecule has 2 heterocycles. The van der Waals surface area contributed by atoms with Crippen molar-refractivity contribution in [3.8, 4) is 5.75 Å². The first kappa shape index (κ1) is 19.0. The summed E-state index contributed by atoms with van der Waals surface area (Å²) in [4.78, 5) is 13.9. The zero-order chi connectivity index (χ0) is 20.6. The highest BCUT2D eigenvalue weighted by Gasteiger charge is 2.28. The van der Waals surface area contributed by atoms with Crippen LogP contribution in [0.2, 0.25) is 0 Å². The van der Waals surface area contributed by atoms with Gasteiger partial charge in [0.15, 0.2) is 5.76 Å². The number of ether oxygens (including phenoxy) is 1. The van der Waals surface area contributed by atoms with Crippen molar-refractivity contribution in [2.24, 2.45) is 0 Å². The number of carbonyl (C=O) groups excluding carboxylic acids is 1. The summed E-state index contributed by atoms with van der Waals surface area (Å²) in [6, 6.07) is 11.4. The first-order valence-corrected chi connectivity index (χ1v) is 10.2. The van der Waals surface area contributed by atoms with Gasteiger partial charge in [0.1, 0.15) is 16.5 Å². The number of benzene rings is 2. The number of anilines is 2. The van der Waals surface area contributed by atoms with Crippen LogP contribution in [0.1, 0.15) is 16.1 Å². The number of carbonyl (C=O) groups is 1. The van der Waals surface area contributed by atoms with Crippen LogP contribution >= 0.6 is 0 Å². The second-order valence-electron chi connectivity index (χ2n) is 6.43. The monoisotopic (exact) mass is 416 g/mol. The van der Waals surface area contributed by atoms with Gasteiger partial charge in [-0.2, -0.15) is 0 Å². The minimum absolute atomic E-state index is 0.0229. The molecular formula is C20H17FN2O5S. The van der Waals surface area contributed by atoms with Crippen LogP contribution in [0.4, 0.5) is 15.8 Å². The summed E-state index contributed by atoms with van der Waals surface area (Å²) in [5.41, 5.74) is 1.75. The van der Waals surface area contributed by atoms with Crippen LogP contribution in [0, 0.1) is 5.82 Å². The van der Waals surface area contributed by atoms with E-state index in [4.69, 9.17) is 9.15 Å². The number of nitrogens with one attached hydrogen (secondary N) is 1. The predicted octanol–water partition coefficient (Wildman–Crippen LogP) is 3.43. The minimum atomic E-state index is -4.11. The zero-order valence-electron chi connectivity index (χ0n) is 15.4. The van der Waals surface area contributed by atoms with Crippen LogP contribution in [0.15, 0.2) is 64.1 Å². The Morgan fingerprint density at radius 2 is 2.03 bits per heavy atom. The predicted molar refractivity (Wildman–Crippen MR) is 104 cm³/mol. The minimum Gasteiger partial charge on any atom is -0.495 e. The zero-order valence-corrected chi connectivity index (χ0v) is 16.2. The Kier molecular flexibility index (Phi) is 4.75. The highest BCUT2D eigenvalue weighted by Crippen LogP contribution is 2.33. The lowest BCUT2D eigenvalue weighted by Gasteiger charge is -2.17. The molecule has 4 rings (SSSR count). The molecule has 1 N–H and O–H groups in total. The number of furan rings is 1. The number of nitrogens with zero attached hydrogens (tertiary/aromatic N) is 1. The topological polar surface area (TPSA) is 88.9 Å². The molecule has 3 aromatic rings. The fourth-order valence-electron chi connectivity index (χ4n) is 3.26. The maximum absolute atomic E-state index is 13.6. The molecule has 0 saturated carbocycles. The second kappa shape index (κ2) is 7.25. The van der Waals surface area contributed by atoms with E-state index in [1.807, 2.05) is 0 Å². The van der Waals surface area contributed by atoms with E-state index in [-0.39, 0.29) is 28.0 Å². The third-order valence-electron chi connectivity index (χ3n) is 4.63. The third-order valence-corrected chi connectivity index (χ3v) is 6.03. The maximum atomic E-state index is 13.6. The molecule has 1 amide bonds. The van der Waals surface area contributed by atoms with Crippen LogP contribution in [0.5, 0.6) is 5.75 Å². The number of rotatable bonds is 5. The van der Waals surface area contributed by atoms with E-state index in [1.54, 1.807) is 30.3 Å². The molecule has 0 spiro atoms. The lowest BCUT2D eigenvalue weighted by molar-refractivity contribution is 0.0963. The molecule has 0 unspecified atom stereocenters. The van der Waals surface area contributed by atoms with E-state index in [0.717, 1.165) is 17.7 Å². The average molecular weight is 416 g/mol. The number of hydrogen-bond acceptors (Lipinski definition) is 5. The summed E-state index contributed by atoms with van der Waals surface area (Å²) in [6.45, 7) is 0.461. The summed E-state index contributed by atoms with van der Waals surface area (Å²) in [5, 5.41) is 0. The van der Waals surface area contributed by atoms with E-state index >= 15 is 0 Å². The Hall–Kier alpha value is -3.33. The Labute approximate surface area is 166 Å². The number of methoxy groups -OCH3 is 1. The van der Waals surface area contributed by atoms with Gasteiger partial charge in [0.2, 0.25) is 0 Å². The normalized spacial score (nSPS) is 13.2. The van der Waals surface area contributed by atoms with Gasteiger partial charge in [-0.3, -0.25) is 9.52 Å². The second-order valence-corrected chi connectivity index (χ2v) is 8.08. The summed E-state index contributed by atoms with van der Waals surface area (Å²) in [5.74, 6) is -0.779. The molecule has 1 aromatic heterocycles. The van der Waals surface area contributed by atoms with Crippen LogP contribution in [-0.2, 0) is 16.4 Å². The maximum Gasteiger partial charge on any atom is 0.293 e. The fraction of sp³-hybridized carbons (Fsp3) is 0.150. The molecular weight excluding hydrogens is 399 g/mol. The van der Waals surface area contributed by atoms with Crippen molar-refractivity contribution < 1.29 is 26.8 Å². The Bertz CT molecular complexity index is 1180. The van der Waals surface area contributed by atoms with Gasteiger partial charge < -0.3 is 14.1 Å². The van der Waals surface area contributed by atoms with Gasteiger partial charge in [-0.15, -0.1) is 0 Å². The molecule has 29 heavy (non-hydrogen) atoms. The van der Waals surface area contributed by atoms with Crippen molar-refractivity contribution in [1.29, 1.82) is 0 Å². The first-order chi connectivity index (χ1) is 13.9. The molecule has 0 radical (unpaired) electrons. The van der Waals surface area contributed by atoms with Crippen molar-refractivity contribution in [3.63, 3.8) is 0 Å². The largest absolute Gasteiger partial charge is 0.495 e. The average Bonchev–Trinajstić information content (AvgIpc) is 3.37. The van der Waals surface area contributed by atoms with Gasteiger partial charge in [-0.1, -0.05) is 6.07 Å². The molecule has 1 aliphatic rings. The quantitative estimate of drug-likeness (QED) is 0.688. The number of amides is 1. The van der Waals surface area contributed by atoms with Crippen LogP contribution in [0.3, 0.4) is 0 Å². The Morgan fingerprint density at radius 1 is 1.21 bits per heavy atom. The molecule has 1 aliphatic heterocycles. The number of sulfonamides is 1. The van der Waals surface area contributed by atoms with E-state index in [0.29, 0.717) is 18.7 Å². The molecule has 0 bridgehead atoms. The lowest BCUT2D eigenvalue weighted by atomic mass is 10.1. The van der Waals surface area contributed by atoms with E-state index in [1.165, 1.54) is 24.3 Å². The van der Waals surface area contributed by atoms with Crippen molar-refractivity contribution in [2.45, 2.75) is 11.3 Å². The molecule has 0 fully saturated rings. The Morgan fingerprint density at radius 3 is 2.76 bits per heavy atom. The lowest BCUT2D eigenvalue weighted by Crippen LogP contribution is -2.28. The summed E-state index contributed by atoms with van der Waals surface area (Å²) in [7, 11) is -2.81. The highest BCUT2D eigenvalue weighted by atomic mass is 32.2. The van der Waals surface area contributed by atoms with Crippen molar-refractivity contribution in [1.82, 2.24) is 0 Å².